The Hall–Kier alpha value is -1.26. The molecule has 0 amide bonds. The topological polar surface area (TPSA) is 73.3 Å². The number of fused-ring (bicyclic) bond motifs is 1. The molecule has 2 N–H and O–H groups in total. The maximum absolute atomic E-state index is 5.71. The summed E-state index contributed by atoms with van der Waals surface area (Å²) in [7, 11) is 3.45. The van der Waals surface area contributed by atoms with Gasteiger partial charge in [-0.1, -0.05) is 19.9 Å². The van der Waals surface area contributed by atoms with Crippen molar-refractivity contribution in [2.24, 2.45) is 4.99 Å². The number of hydrogen-bond acceptors (Lipinski definition) is 5. The minimum atomic E-state index is -0.0866. The van der Waals surface area contributed by atoms with Crippen LogP contribution in [0.5, 0.6) is 11.5 Å². The van der Waals surface area contributed by atoms with E-state index in [1.807, 2.05) is 6.07 Å². The second kappa shape index (κ2) is 13.1. The zero-order valence-corrected chi connectivity index (χ0v) is 19.7. The molecule has 0 saturated heterocycles. The van der Waals surface area contributed by atoms with Gasteiger partial charge in [0.25, 0.3) is 0 Å². The van der Waals surface area contributed by atoms with E-state index in [0.29, 0.717) is 33.0 Å². The van der Waals surface area contributed by atoms with Gasteiger partial charge < -0.3 is 29.6 Å². The summed E-state index contributed by atoms with van der Waals surface area (Å²) in [6.45, 7) is 9.12. The van der Waals surface area contributed by atoms with Gasteiger partial charge in [0.1, 0.15) is 13.2 Å². The van der Waals surface area contributed by atoms with Gasteiger partial charge in [0.2, 0.25) is 0 Å². The Morgan fingerprint density at radius 1 is 1.11 bits per heavy atom. The zero-order valence-electron chi connectivity index (χ0n) is 17.4. The number of methoxy groups -OCH3 is 1. The molecule has 1 heterocycles. The number of ether oxygens (including phenoxy) is 4. The van der Waals surface area contributed by atoms with Gasteiger partial charge in [0.05, 0.1) is 13.2 Å². The van der Waals surface area contributed by atoms with Crippen LogP contribution in [0.25, 0.3) is 0 Å². The summed E-state index contributed by atoms with van der Waals surface area (Å²) in [5.41, 5.74) is 1.11. The van der Waals surface area contributed by atoms with E-state index in [1.54, 1.807) is 14.2 Å². The molecule has 1 aromatic carbocycles. The molecule has 0 aliphatic carbocycles. The molecule has 0 radical (unpaired) electrons. The molecule has 160 valence electrons. The van der Waals surface area contributed by atoms with Crippen molar-refractivity contribution >= 4 is 29.9 Å². The summed E-state index contributed by atoms with van der Waals surface area (Å²) in [6.07, 6.45) is 0.913. The fourth-order valence-electron chi connectivity index (χ4n) is 2.72. The Kier molecular flexibility index (Phi) is 11.6. The molecule has 1 aliphatic rings. The molecule has 2 rings (SSSR count). The first-order chi connectivity index (χ1) is 13.1. The molecule has 1 aliphatic heterocycles. The highest BCUT2D eigenvalue weighted by Gasteiger charge is 2.23. The maximum atomic E-state index is 5.71. The predicted octanol–water partition coefficient (Wildman–Crippen LogP) is 2.57. The van der Waals surface area contributed by atoms with E-state index < -0.39 is 0 Å². The van der Waals surface area contributed by atoms with Crippen molar-refractivity contribution in [3.05, 3.63) is 23.8 Å². The van der Waals surface area contributed by atoms with Gasteiger partial charge in [0.15, 0.2) is 17.5 Å². The number of halogens is 1. The smallest absolute Gasteiger partial charge is 0.191 e. The van der Waals surface area contributed by atoms with Crippen LogP contribution < -0.4 is 20.1 Å². The third kappa shape index (κ3) is 8.00. The highest BCUT2D eigenvalue weighted by molar-refractivity contribution is 14.0. The molecule has 0 fully saturated rings. The summed E-state index contributed by atoms with van der Waals surface area (Å²) < 4.78 is 21.7. The van der Waals surface area contributed by atoms with Crippen molar-refractivity contribution in [1.29, 1.82) is 0 Å². The summed E-state index contributed by atoms with van der Waals surface area (Å²) in [5, 5.41) is 6.72. The van der Waals surface area contributed by atoms with E-state index in [-0.39, 0.29) is 29.4 Å². The van der Waals surface area contributed by atoms with Crippen molar-refractivity contribution in [3.63, 3.8) is 0 Å². The lowest BCUT2D eigenvalue weighted by Gasteiger charge is -2.28. The van der Waals surface area contributed by atoms with Gasteiger partial charge in [-0.25, -0.2) is 0 Å². The normalized spacial score (nSPS) is 13.6. The molecule has 28 heavy (non-hydrogen) atoms. The summed E-state index contributed by atoms with van der Waals surface area (Å²) >= 11 is 0. The van der Waals surface area contributed by atoms with Crippen LogP contribution in [0, 0.1) is 0 Å². The zero-order chi connectivity index (χ0) is 19.5. The second-order valence-electron chi connectivity index (χ2n) is 7.05. The molecule has 0 aromatic heterocycles. The second-order valence-corrected chi connectivity index (χ2v) is 7.05. The van der Waals surface area contributed by atoms with Crippen molar-refractivity contribution in [1.82, 2.24) is 10.6 Å². The average Bonchev–Trinajstić information content (AvgIpc) is 2.69. The number of nitrogens with one attached hydrogen (secondary N) is 2. The third-order valence-electron chi connectivity index (χ3n) is 4.43. The maximum Gasteiger partial charge on any atom is 0.191 e. The molecule has 0 atom stereocenters. The number of aliphatic imine (C=N–C) groups is 1. The van der Waals surface area contributed by atoms with Crippen LogP contribution in [0.1, 0.15) is 25.8 Å². The molecular weight excluding hydrogens is 473 g/mol. The number of rotatable bonds is 10. The fourth-order valence-corrected chi connectivity index (χ4v) is 2.72. The van der Waals surface area contributed by atoms with Gasteiger partial charge in [-0.05, 0) is 24.1 Å². The van der Waals surface area contributed by atoms with Gasteiger partial charge in [-0.2, -0.15) is 0 Å². The lowest BCUT2D eigenvalue weighted by molar-refractivity contribution is 0.0698. The molecule has 1 aromatic rings. The van der Waals surface area contributed by atoms with Crippen molar-refractivity contribution in [2.45, 2.75) is 25.7 Å². The lowest BCUT2D eigenvalue weighted by atomic mass is 9.84. The third-order valence-corrected chi connectivity index (χ3v) is 4.43. The standard InChI is InChI=1S/C20H33N3O4.HI/c1-20(2,16-6-7-17-18(14-16)27-13-12-26-17)15-23-19(21-3)22-8-5-9-25-11-10-24-4;/h6-7,14H,5,8-13,15H2,1-4H3,(H2,21,22,23);1H. The van der Waals surface area contributed by atoms with E-state index in [1.165, 1.54) is 5.56 Å². The fraction of sp³-hybridized carbons (Fsp3) is 0.650. The Balaban J connectivity index is 0.00000392. The molecule has 7 nitrogen and oxygen atoms in total. The van der Waals surface area contributed by atoms with E-state index >= 15 is 0 Å². The van der Waals surface area contributed by atoms with E-state index in [0.717, 1.165) is 37.0 Å². The highest BCUT2D eigenvalue weighted by atomic mass is 127. The van der Waals surface area contributed by atoms with Gasteiger partial charge in [0, 0.05) is 39.3 Å². The number of benzene rings is 1. The van der Waals surface area contributed by atoms with Crippen LogP contribution in [0.3, 0.4) is 0 Å². The molecule has 0 unspecified atom stereocenters. The van der Waals surface area contributed by atoms with Crippen LogP contribution in [0.4, 0.5) is 0 Å². The van der Waals surface area contributed by atoms with Crippen LogP contribution in [-0.2, 0) is 14.9 Å². The Morgan fingerprint density at radius 2 is 1.86 bits per heavy atom. The molecule has 0 spiro atoms. The van der Waals surface area contributed by atoms with Gasteiger partial charge >= 0.3 is 0 Å². The van der Waals surface area contributed by atoms with Crippen LogP contribution in [0.15, 0.2) is 23.2 Å². The summed E-state index contributed by atoms with van der Waals surface area (Å²) in [5.74, 6) is 2.43. The Bertz CT molecular complexity index is 611. The molecule has 8 heteroatoms. The van der Waals surface area contributed by atoms with Crippen LogP contribution in [0.2, 0.25) is 0 Å². The number of hydrogen-bond donors (Lipinski definition) is 2. The molecule has 0 bridgehead atoms. The van der Waals surface area contributed by atoms with Crippen LogP contribution >= 0.6 is 24.0 Å². The first-order valence-electron chi connectivity index (χ1n) is 9.48. The first-order valence-corrected chi connectivity index (χ1v) is 9.48. The highest BCUT2D eigenvalue weighted by Crippen LogP contribution is 2.34. The predicted molar refractivity (Wildman–Crippen MR) is 123 cm³/mol. The van der Waals surface area contributed by atoms with E-state index in [4.69, 9.17) is 18.9 Å². The van der Waals surface area contributed by atoms with E-state index in [9.17, 15) is 0 Å². The first kappa shape index (κ1) is 24.8. The largest absolute Gasteiger partial charge is 0.486 e. The van der Waals surface area contributed by atoms with Crippen molar-refractivity contribution < 1.29 is 18.9 Å². The van der Waals surface area contributed by atoms with Crippen molar-refractivity contribution in [2.75, 3.05) is 60.3 Å². The Morgan fingerprint density at radius 3 is 2.57 bits per heavy atom. The van der Waals surface area contributed by atoms with Crippen LogP contribution in [-0.4, -0.2) is 66.2 Å². The average molecular weight is 507 g/mol. The molecular formula is C20H34IN3O4. The van der Waals surface area contributed by atoms with Gasteiger partial charge in [-0.15, -0.1) is 24.0 Å². The molecule has 0 saturated carbocycles. The van der Waals surface area contributed by atoms with Crippen molar-refractivity contribution in [3.8, 4) is 11.5 Å². The minimum absolute atomic E-state index is 0. The van der Waals surface area contributed by atoms with E-state index in [2.05, 4.69) is 41.6 Å². The lowest BCUT2D eigenvalue weighted by Crippen LogP contribution is -2.43. The summed E-state index contributed by atoms with van der Waals surface area (Å²) in [4.78, 5) is 4.29. The SMILES string of the molecule is CN=C(NCCCOCCOC)NCC(C)(C)c1ccc2c(c1)OCCO2.I. The monoisotopic (exact) mass is 507 g/mol. The Labute approximate surface area is 185 Å². The summed E-state index contributed by atoms with van der Waals surface area (Å²) in [6, 6.07) is 6.16. The number of nitrogens with zero attached hydrogens (tertiary/aromatic N) is 1. The number of guanidine groups is 1. The quantitative estimate of drug-likeness (QED) is 0.220. The van der Waals surface area contributed by atoms with Gasteiger partial charge in [-0.3, -0.25) is 4.99 Å². The minimum Gasteiger partial charge on any atom is -0.486 e.